The van der Waals surface area contributed by atoms with Crippen molar-refractivity contribution < 1.29 is 5.11 Å². The standard InChI is InChI=1S/C30H38N2OS/c33-30(15-7-11-25-9-3-1-4-10-25)16-18-31(19-17-30)21-27-22-32(23-28-14-8-20-34-28)24-29(27)26-12-5-2-6-13-26/h1-6,8-10,12-14,20,27,29,33H,7,11,15-19,21-24H2/t27-,29+/m0/s1. The van der Waals surface area contributed by atoms with Crippen LogP contribution in [0.15, 0.2) is 78.2 Å². The molecule has 0 aliphatic carbocycles. The van der Waals surface area contributed by atoms with Gasteiger partial charge in [-0.2, -0.15) is 0 Å². The third kappa shape index (κ3) is 6.17. The molecule has 3 heterocycles. The number of hydrogen-bond donors (Lipinski definition) is 1. The fourth-order valence-corrected chi connectivity index (χ4v) is 6.72. The molecule has 0 saturated carbocycles. The number of thiophene rings is 1. The van der Waals surface area contributed by atoms with Gasteiger partial charge < -0.3 is 10.0 Å². The summed E-state index contributed by atoms with van der Waals surface area (Å²) >= 11 is 1.87. The first-order valence-corrected chi connectivity index (χ1v) is 13.8. The van der Waals surface area contributed by atoms with Crippen LogP contribution in [-0.4, -0.2) is 53.2 Å². The van der Waals surface area contributed by atoms with Crippen molar-refractivity contribution in [1.82, 2.24) is 9.80 Å². The predicted molar refractivity (Wildman–Crippen MR) is 142 cm³/mol. The molecule has 34 heavy (non-hydrogen) atoms. The molecule has 4 heteroatoms. The molecule has 3 nitrogen and oxygen atoms in total. The number of aliphatic hydroxyl groups is 1. The highest BCUT2D eigenvalue weighted by molar-refractivity contribution is 7.09. The maximum absolute atomic E-state index is 11.2. The summed E-state index contributed by atoms with van der Waals surface area (Å²) in [6.07, 6.45) is 4.86. The lowest BCUT2D eigenvalue weighted by atomic mass is 9.84. The van der Waals surface area contributed by atoms with Gasteiger partial charge in [0.1, 0.15) is 0 Å². The zero-order valence-electron chi connectivity index (χ0n) is 20.2. The summed E-state index contributed by atoms with van der Waals surface area (Å²) in [5.41, 5.74) is 2.38. The summed E-state index contributed by atoms with van der Waals surface area (Å²) < 4.78 is 0. The summed E-state index contributed by atoms with van der Waals surface area (Å²) in [5, 5.41) is 13.4. The van der Waals surface area contributed by atoms with Crippen molar-refractivity contribution in [2.45, 2.75) is 50.2 Å². The zero-order valence-corrected chi connectivity index (χ0v) is 21.0. The fraction of sp³-hybridized carbons (Fsp3) is 0.467. The van der Waals surface area contributed by atoms with Gasteiger partial charge >= 0.3 is 0 Å². The molecule has 1 N–H and O–H groups in total. The summed E-state index contributed by atoms with van der Waals surface area (Å²) in [5.74, 6) is 1.24. The Labute approximate surface area is 209 Å². The third-order valence-electron chi connectivity index (χ3n) is 7.93. The Morgan fingerprint density at radius 2 is 1.59 bits per heavy atom. The van der Waals surface area contributed by atoms with E-state index in [0.717, 1.165) is 71.4 Å². The molecule has 3 aromatic rings. The van der Waals surface area contributed by atoms with E-state index in [1.54, 1.807) is 0 Å². The Morgan fingerprint density at radius 1 is 0.853 bits per heavy atom. The van der Waals surface area contributed by atoms with Gasteiger partial charge in [-0.05, 0) is 60.6 Å². The molecule has 2 aromatic carbocycles. The number of rotatable bonds is 9. The number of benzene rings is 2. The van der Waals surface area contributed by atoms with E-state index in [9.17, 15) is 5.11 Å². The van der Waals surface area contributed by atoms with Crippen LogP contribution in [0.1, 0.15) is 47.6 Å². The van der Waals surface area contributed by atoms with E-state index in [4.69, 9.17) is 0 Å². The van der Waals surface area contributed by atoms with E-state index in [0.29, 0.717) is 11.8 Å². The molecular weight excluding hydrogens is 436 g/mol. The van der Waals surface area contributed by atoms with Crippen LogP contribution >= 0.6 is 11.3 Å². The number of aryl methyl sites for hydroxylation is 1. The second-order valence-electron chi connectivity index (χ2n) is 10.4. The minimum Gasteiger partial charge on any atom is -0.390 e. The molecule has 2 atom stereocenters. The molecule has 2 aliphatic heterocycles. The Morgan fingerprint density at radius 3 is 2.29 bits per heavy atom. The van der Waals surface area contributed by atoms with Gasteiger partial charge in [0, 0.05) is 50.1 Å². The van der Waals surface area contributed by atoms with Crippen molar-refractivity contribution in [3.05, 3.63) is 94.2 Å². The number of piperidine rings is 1. The maximum Gasteiger partial charge on any atom is 0.0672 e. The van der Waals surface area contributed by atoms with Crippen LogP contribution in [0.25, 0.3) is 0 Å². The van der Waals surface area contributed by atoms with Crippen molar-refractivity contribution in [2.75, 3.05) is 32.7 Å². The lowest BCUT2D eigenvalue weighted by Crippen LogP contribution is -2.46. The smallest absolute Gasteiger partial charge is 0.0672 e. The van der Waals surface area contributed by atoms with Gasteiger partial charge in [0.05, 0.1) is 5.60 Å². The number of likely N-dealkylation sites (tertiary alicyclic amines) is 2. The van der Waals surface area contributed by atoms with Crippen LogP contribution in [0.5, 0.6) is 0 Å². The molecule has 0 unspecified atom stereocenters. The van der Waals surface area contributed by atoms with E-state index in [-0.39, 0.29) is 0 Å². The SMILES string of the molecule is OC1(CCCc2ccccc2)CCN(C[C@H]2CN(Cc3cccs3)C[C@@H]2c2ccccc2)CC1. The molecule has 0 spiro atoms. The average molecular weight is 475 g/mol. The van der Waals surface area contributed by atoms with Gasteiger partial charge in [-0.25, -0.2) is 0 Å². The zero-order chi connectivity index (χ0) is 23.2. The topological polar surface area (TPSA) is 26.7 Å². The first-order chi connectivity index (χ1) is 16.7. The van der Waals surface area contributed by atoms with Gasteiger partial charge in [0.25, 0.3) is 0 Å². The first-order valence-electron chi connectivity index (χ1n) is 13.0. The predicted octanol–water partition coefficient (Wildman–Crippen LogP) is 5.81. The van der Waals surface area contributed by atoms with Gasteiger partial charge in [-0.1, -0.05) is 66.7 Å². The molecule has 180 valence electrons. The molecule has 1 aromatic heterocycles. The van der Waals surface area contributed by atoms with Crippen LogP contribution < -0.4 is 0 Å². The number of nitrogens with zero attached hydrogens (tertiary/aromatic N) is 2. The highest BCUT2D eigenvalue weighted by atomic mass is 32.1. The quantitative estimate of drug-likeness (QED) is 0.424. The summed E-state index contributed by atoms with van der Waals surface area (Å²) in [7, 11) is 0. The molecule has 0 radical (unpaired) electrons. The Bertz CT molecular complexity index is 983. The van der Waals surface area contributed by atoms with E-state index in [1.165, 1.54) is 16.0 Å². The maximum atomic E-state index is 11.2. The Balaban J connectivity index is 1.15. The lowest BCUT2D eigenvalue weighted by molar-refractivity contribution is -0.0316. The minimum atomic E-state index is -0.481. The molecule has 0 amide bonds. The van der Waals surface area contributed by atoms with Crippen molar-refractivity contribution in [3.63, 3.8) is 0 Å². The second-order valence-corrected chi connectivity index (χ2v) is 11.4. The van der Waals surface area contributed by atoms with E-state index < -0.39 is 5.60 Å². The fourth-order valence-electron chi connectivity index (χ4n) is 5.98. The molecule has 2 fully saturated rings. The second kappa shape index (κ2) is 11.2. The van der Waals surface area contributed by atoms with Gasteiger partial charge in [0.2, 0.25) is 0 Å². The minimum absolute atomic E-state index is 0.481. The molecule has 2 aliphatic rings. The summed E-state index contributed by atoms with van der Waals surface area (Å²) in [4.78, 5) is 6.74. The van der Waals surface area contributed by atoms with Gasteiger partial charge in [0.15, 0.2) is 0 Å². The molecular formula is C30H38N2OS. The van der Waals surface area contributed by atoms with Crippen molar-refractivity contribution in [2.24, 2.45) is 5.92 Å². The molecule has 0 bridgehead atoms. The molecule has 5 rings (SSSR count). The van der Waals surface area contributed by atoms with E-state index in [1.807, 2.05) is 11.3 Å². The first kappa shape index (κ1) is 23.7. The number of hydrogen-bond acceptors (Lipinski definition) is 4. The van der Waals surface area contributed by atoms with Gasteiger partial charge in [-0.3, -0.25) is 4.90 Å². The highest BCUT2D eigenvalue weighted by Crippen LogP contribution is 2.36. The van der Waals surface area contributed by atoms with Crippen molar-refractivity contribution >= 4 is 11.3 Å². The lowest BCUT2D eigenvalue weighted by Gasteiger charge is -2.40. The van der Waals surface area contributed by atoms with Gasteiger partial charge in [-0.15, -0.1) is 11.3 Å². The normalized spacial score (nSPS) is 23.3. The Kier molecular flexibility index (Phi) is 7.80. The van der Waals surface area contributed by atoms with Crippen LogP contribution in [0.3, 0.4) is 0 Å². The van der Waals surface area contributed by atoms with Crippen molar-refractivity contribution in [3.8, 4) is 0 Å². The summed E-state index contributed by atoms with van der Waals surface area (Å²) in [6, 6.07) is 26.2. The largest absolute Gasteiger partial charge is 0.390 e. The monoisotopic (exact) mass is 474 g/mol. The third-order valence-corrected chi connectivity index (χ3v) is 8.79. The highest BCUT2D eigenvalue weighted by Gasteiger charge is 2.37. The van der Waals surface area contributed by atoms with Crippen LogP contribution in [0.4, 0.5) is 0 Å². The van der Waals surface area contributed by atoms with E-state index >= 15 is 0 Å². The van der Waals surface area contributed by atoms with Crippen LogP contribution in [0, 0.1) is 5.92 Å². The average Bonchev–Trinajstić information content (AvgIpc) is 3.52. The summed E-state index contributed by atoms with van der Waals surface area (Å²) in [6.45, 7) is 6.55. The van der Waals surface area contributed by atoms with Crippen molar-refractivity contribution in [1.29, 1.82) is 0 Å². The van der Waals surface area contributed by atoms with Crippen LogP contribution in [-0.2, 0) is 13.0 Å². The van der Waals surface area contributed by atoms with Crippen LogP contribution in [0.2, 0.25) is 0 Å². The Hall–Kier alpha value is -1.98. The molecule has 2 saturated heterocycles. The van der Waals surface area contributed by atoms with E-state index in [2.05, 4.69) is 88.0 Å².